The van der Waals surface area contributed by atoms with Crippen molar-refractivity contribution in [2.75, 3.05) is 0 Å². The molecule has 0 bridgehead atoms. The molecule has 0 saturated carbocycles. The van der Waals surface area contributed by atoms with E-state index in [1.54, 1.807) is 0 Å². The Morgan fingerprint density at radius 2 is 0.934 bits per heavy atom. The Labute approximate surface area is 354 Å². The molecule has 284 valence electrons. The summed E-state index contributed by atoms with van der Waals surface area (Å²) in [5, 5.41) is 9.64. The van der Waals surface area contributed by atoms with Crippen molar-refractivity contribution in [3.05, 3.63) is 200 Å². The highest BCUT2D eigenvalue weighted by atomic mass is 32.1. The third-order valence-electron chi connectivity index (χ3n) is 12.1. The van der Waals surface area contributed by atoms with E-state index in [0.29, 0.717) is 17.5 Å². The largest absolute Gasteiger partial charge is 0.309 e. The maximum atomic E-state index is 5.39. The lowest BCUT2D eigenvalue weighted by molar-refractivity contribution is 1.08. The Kier molecular flexibility index (Phi) is 7.41. The van der Waals surface area contributed by atoms with Crippen LogP contribution < -0.4 is 0 Å². The monoisotopic (exact) mass is 795 g/mol. The molecule has 0 radical (unpaired) electrons. The van der Waals surface area contributed by atoms with Crippen LogP contribution in [-0.2, 0) is 0 Å². The summed E-state index contributed by atoms with van der Waals surface area (Å²) in [5.74, 6) is 1.90. The fraction of sp³-hybridized carbons (Fsp3) is 0. The van der Waals surface area contributed by atoms with Gasteiger partial charge in [-0.25, -0.2) is 15.0 Å². The predicted octanol–water partition coefficient (Wildman–Crippen LogP) is 14.6. The highest BCUT2D eigenvalue weighted by molar-refractivity contribution is 7.26. The van der Waals surface area contributed by atoms with Crippen LogP contribution in [0.15, 0.2) is 200 Å². The van der Waals surface area contributed by atoms with E-state index in [1.165, 1.54) is 58.1 Å². The number of benzene rings is 9. The fourth-order valence-electron chi connectivity index (χ4n) is 9.40. The fourth-order valence-corrected chi connectivity index (χ4v) is 10.6. The minimum atomic E-state index is 0.627. The number of hydrogen-bond acceptors (Lipinski definition) is 4. The van der Waals surface area contributed by atoms with Crippen molar-refractivity contribution >= 4 is 85.9 Å². The van der Waals surface area contributed by atoms with E-state index in [-0.39, 0.29) is 0 Å². The Hall–Kier alpha value is -7.93. The third-order valence-corrected chi connectivity index (χ3v) is 13.3. The lowest BCUT2D eigenvalue weighted by Gasteiger charge is -2.14. The molecule has 9 aromatic carbocycles. The van der Waals surface area contributed by atoms with Gasteiger partial charge in [0.15, 0.2) is 17.5 Å². The van der Waals surface area contributed by atoms with E-state index in [0.717, 1.165) is 44.5 Å². The third kappa shape index (κ3) is 5.22. The van der Waals surface area contributed by atoms with Crippen LogP contribution in [0.3, 0.4) is 0 Å². The highest BCUT2D eigenvalue weighted by Crippen LogP contribution is 2.45. The SMILES string of the molecule is c1ccc(-c2nc(-c3ccc4c5ccccc5n(-c5ccccc5)c4c3)nc(-c3ccc(-n4c5ccccc5c5cc6ccccc6cc54)c4sc5ccccc5c34)n2)cc1. The normalized spacial score (nSPS) is 11.9. The first-order valence-corrected chi connectivity index (χ1v) is 21.3. The standard InChI is InChI=1S/C55H33N5S/c1-3-15-34(16-4-1)53-56-54(37-27-28-41-39-21-9-12-24-45(39)59(48(41)33-37)38-19-5-2-6-20-38)58-55(57-53)43-29-30-47(52-51(43)42-23-11-14-26-50(42)61-52)60-46-25-13-10-22-40(46)44-31-35-17-7-8-18-36(35)32-49(44)60/h1-33H. The van der Waals surface area contributed by atoms with Crippen molar-refractivity contribution in [3.63, 3.8) is 0 Å². The Balaban J connectivity index is 1.08. The number of thiophene rings is 1. The smallest absolute Gasteiger partial charge is 0.164 e. The van der Waals surface area contributed by atoms with E-state index >= 15 is 0 Å². The molecule has 4 heterocycles. The van der Waals surface area contributed by atoms with Crippen molar-refractivity contribution < 1.29 is 0 Å². The summed E-state index contributed by atoms with van der Waals surface area (Å²) in [4.78, 5) is 15.9. The van der Waals surface area contributed by atoms with E-state index < -0.39 is 0 Å². The molecule has 0 aliphatic carbocycles. The van der Waals surface area contributed by atoms with Gasteiger partial charge in [-0.3, -0.25) is 0 Å². The van der Waals surface area contributed by atoms with Crippen molar-refractivity contribution in [3.8, 4) is 45.5 Å². The van der Waals surface area contributed by atoms with Gasteiger partial charge < -0.3 is 9.13 Å². The number of nitrogens with zero attached hydrogens (tertiary/aromatic N) is 5. The summed E-state index contributed by atoms with van der Waals surface area (Å²) >= 11 is 1.83. The molecule has 0 fully saturated rings. The summed E-state index contributed by atoms with van der Waals surface area (Å²) in [5.41, 5.74) is 9.70. The Morgan fingerprint density at radius 1 is 0.361 bits per heavy atom. The van der Waals surface area contributed by atoms with Crippen LogP contribution in [0.2, 0.25) is 0 Å². The molecule has 0 saturated heterocycles. The summed E-state index contributed by atoms with van der Waals surface area (Å²) in [6.45, 7) is 0. The van der Waals surface area contributed by atoms with Crippen LogP contribution in [0.4, 0.5) is 0 Å². The molecular formula is C55H33N5S. The molecule has 0 amide bonds. The Morgan fingerprint density at radius 3 is 1.72 bits per heavy atom. The van der Waals surface area contributed by atoms with Gasteiger partial charge in [0.05, 0.1) is 32.5 Å². The first-order valence-electron chi connectivity index (χ1n) is 20.5. The molecular weight excluding hydrogens is 763 g/mol. The Bertz CT molecular complexity index is 3880. The molecule has 0 spiro atoms. The molecule has 0 atom stereocenters. The maximum Gasteiger partial charge on any atom is 0.164 e. The molecule has 13 rings (SSSR count). The lowest BCUT2D eigenvalue weighted by Crippen LogP contribution is -2.01. The van der Waals surface area contributed by atoms with Crippen molar-refractivity contribution in [2.24, 2.45) is 0 Å². The molecule has 6 heteroatoms. The second kappa shape index (κ2) is 13.3. The first-order chi connectivity index (χ1) is 30.2. The number of para-hydroxylation sites is 3. The zero-order chi connectivity index (χ0) is 40.0. The topological polar surface area (TPSA) is 48.5 Å². The summed E-state index contributed by atoms with van der Waals surface area (Å²) in [6.07, 6.45) is 0. The van der Waals surface area contributed by atoms with Gasteiger partial charge in [0.2, 0.25) is 0 Å². The van der Waals surface area contributed by atoms with E-state index in [9.17, 15) is 0 Å². The highest BCUT2D eigenvalue weighted by Gasteiger charge is 2.23. The molecule has 5 nitrogen and oxygen atoms in total. The summed E-state index contributed by atoms with van der Waals surface area (Å²) in [6, 6.07) is 71.3. The van der Waals surface area contributed by atoms with Gasteiger partial charge in [-0.2, -0.15) is 0 Å². The average Bonchev–Trinajstić information content (AvgIpc) is 3.99. The van der Waals surface area contributed by atoms with Crippen LogP contribution >= 0.6 is 11.3 Å². The van der Waals surface area contributed by atoms with Crippen molar-refractivity contribution in [1.29, 1.82) is 0 Å². The van der Waals surface area contributed by atoms with Gasteiger partial charge in [-0.05, 0) is 71.4 Å². The predicted molar refractivity (Wildman–Crippen MR) is 255 cm³/mol. The molecule has 0 unspecified atom stereocenters. The molecule has 13 aromatic rings. The molecule has 61 heavy (non-hydrogen) atoms. The van der Waals surface area contributed by atoms with Crippen molar-refractivity contribution in [2.45, 2.75) is 0 Å². The van der Waals surface area contributed by atoms with Crippen molar-refractivity contribution in [1.82, 2.24) is 24.1 Å². The zero-order valence-corrected chi connectivity index (χ0v) is 33.5. The molecule has 4 aromatic heterocycles. The van der Waals surface area contributed by atoms with Gasteiger partial charge in [-0.15, -0.1) is 11.3 Å². The zero-order valence-electron chi connectivity index (χ0n) is 32.7. The average molecular weight is 796 g/mol. The molecule has 0 aliphatic rings. The quantitative estimate of drug-likeness (QED) is 0.174. The number of fused-ring (bicyclic) bond motifs is 10. The van der Waals surface area contributed by atoms with Crippen LogP contribution in [0.25, 0.3) is 120 Å². The number of aromatic nitrogens is 5. The maximum absolute atomic E-state index is 5.39. The van der Waals surface area contributed by atoms with Crippen LogP contribution in [0.1, 0.15) is 0 Å². The van der Waals surface area contributed by atoms with Crippen LogP contribution in [0.5, 0.6) is 0 Å². The summed E-state index contributed by atoms with van der Waals surface area (Å²) in [7, 11) is 0. The van der Waals surface area contributed by atoms with Gasteiger partial charge >= 0.3 is 0 Å². The van der Waals surface area contributed by atoms with Gasteiger partial charge in [-0.1, -0.05) is 140 Å². The second-order valence-corrected chi connectivity index (χ2v) is 16.6. The molecule has 0 N–H and O–H groups in total. The minimum Gasteiger partial charge on any atom is -0.309 e. The van der Waals surface area contributed by atoms with E-state index in [2.05, 4.69) is 191 Å². The lowest BCUT2D eigenvalue weighted by atomic mass is 10.0. The van der Waals surface area contributed by atoms with Crippen LogP contribution in [-0.4, -0.2) is 24.1 Å². The number of rotatable bonds is 5. The molecule has 0 aliphatic heterocycles. The minimum absolute atomic E-state index is 0.627. The van der Waals surface area contributed by atoms with Gasteiger partial charge in [0.25, 0.3) is 0 Å². The summed E-state index contributed by atoms with van der Waals surface area (Å²) < 4.78 is 7.19. The first kappa shape index (κ1) is 34.0. The number of hydrogen-bond donors (Lipinski definition) is 0. The van der Waals surface area contributed by atoms with Gasteiger partial charge in [0, 0.05) is 59.4 Å². The van der Waals surface area contributed by atoms with Crippen LogP contribution in [0, 0.1) is 0 Å². The van der Waals surface area contributed by atoms with Gasteiger partial charge in [0.1, 0.15) is 0 Å². The van der Waals surface area contributed by atoms with E-state index in [4.69, 9.17) is 15.0 Å². The second-order valence-electron chi connectivity index (χ2n) is 15.6. The van der Waals surface area contributed by atoms with E-state index in [1.807, 2.05) is 29.5 Å².